The van der Waals surface area contributed by atoms with Gasteiger partial charge in [-0.2, -0.15) is 0 Å². The van der Waals surface area contributed by atoms with Crippen molar-refractivity contribution in [2.24, 2.45) is 0 Å². The molecule has 0 aliphatic rings. The molecular formula is C10H6BrClN2O2S. The monoisotopic (exact) mass is 332 g/mol. The maximum atomic E-state index is 11.4. The van der Waals surface area contributed by atoms with E-state index in [1.165, 1.54) is 24.5 Å². The van der Waals surface area contributed by atoms with Gasteiger partial charge in [-0.15, -0.1) is 11.3 Å². The van der Waals surface area contributed by atoms with Crippen molar-refractivity contribution in [1.29, 1.82) is 0 Å². The van der Waals surface area contributed by atoms with Crippen LogP contribution in [-0.4, -0.2) is 23.0 Å². The fourth-order valence-electron chi connectivity index (χ4n) is 1.17. The zero-order chi connectivity index (χ0) is 12.4. The van der Waals surface area contributed by atoms with E-state index in [1.807, 2.05) is 12.1 Å². The topological polar surface area (TPSA) is 52.1 Å². The number of aromatic nitrogens is 2. The van der Waals surface area contributed by atoms with Gasteiger partial charge in [0.1, 0.15) is 5.15 Å². The molecule has 0 saturated heterocycles. The minimum Gasteiger partial charge on any atom is -0.464 e. The van der Waals surface area contributed by atoms with Crippen molar-refractivity contribution >= 4 is 44.8 Å². The summed E-state index contributed by atoms with van der Waals surface area (Å²) >= 11 is 10.6. The Morgan fingerprint density at radius 1 is 1.47 bits per heavy atom. The average molecular weight is 334 g/mol. The number of rotatable bonds is 2. The highest BCUT2D eigenvalue weighted by atomic mass is 79.9. The second kappa shape index (κ2) is 5.12. The highest BCUT2D eigenvalue weighted by Crippen LogP contribution is 2.29. The van der Waals surface area contributed by atoms with Crippen LogP contribution in [-0.2, 0) is 4.74 Å². The molecule has 2 aromatic rings. The third kappa shape index (κ3) is 2.83. The van der Waals surface area contributed by atoms with Gasteiger partial charge in [0.2, 0.25) is 0 Å². The van der Waals surface area contributed by atoms with Crippen LogP contribution in [0.1, 0.15) is 10.5 Å². The summed E-state index contributed by atoms with van der Waals surface area (Å²) in [5.74, 6) is -0.125. The van der Waals surface area contributed by atoms with E-state index in [-0.39, 0.29) is 10.8 Å². The molecule has 7 heteroatoms. The van der Waals surface area contributed by atoms with Gasteiger partial charge in [0, 0.05) is 6.07 Å². The fourth-order valence-corrected chi connectivity index (χ4v) is 2.67. The van der Waals surface area contributed by atoms with Gasteiger partial charge in [0.25, 0.3) is 0 Å². The lowest BCUT2D eigenvalue weighted by Crippen LogP contribution is -2.05. The van der Waals surface area contributed by atoms with Crippen LogP contribution in [0, 0.1) is 0 Å². The molecule has 2 rings (SSSR count). The van der Waals surface area contributed by atoms with Crippen molar-refractivity contribution in [3.05, 3.63) is 32.8 Å². The van der Waals surface area contributed by atoms with Crippen molar-refractivity contribution in [2.45, 2.75) is 0 Å². The van der Waals surface area contributed by atoms with Crippen LogP contribution in [0.4, 0.5) is 0 Å². The van der Waals surface area contributed by atoms with Crippen molar-refractivity contribution in [3.8, 4) is 10.7 Å². The minimum atomic E-state index is -0.536. The third-order valence-corrected chi connectivity index (χ3v) is 3.70. The molecule has 0 saturated carbocycles. The number of halogens is 2. The van der Waals surface area contributed by atoms with E-state index in [0.29, 0.717) is 5.82 Å². The van der Waals surface area contributed by atoms with E-state index in [9.17, 15) is 4.79 Å². The Morgan fingerprint density at radius 3 is 2.82 bits per heavy atom. The predicted molar refractivity (Wildman–Crippen MR) is 69.4 cm³/mol. The van der Waals surface area contributed by atoms with Crippen LogP contribution in [0.3, 0.4) is 0 Å². The number of nitrogens with zero attached hydrogens (tertiary/aromatic N) is 2. The molecule has 0 bridgehead atoms. The van der Waals surface area contributed by atoms with Crippen LogP contribution >= 0.6 is 38.9 Å². The van der Waals surface area contributed by atoms with E-state index in [2.05, 4.69) is 30.6 Å². The Balaban J connectivity index is 2.48. The van der Waals surface area contributed by atoms with Gasteiger partial charge < -0.3 is 4.74 Å². The molecule has 0 N–H and O–H groups in total. The van der Waals surface area contributed by atoms with Gasteiger partial charge in [-0.1, -0.05) is 11.6 Å². The van der Waals surface area contributed by atoms with E-state index in [1.54, 1.807) is 0 Å². The lowest BCUT2D eigenvalue weighted by atomic mass is 10.3. The average Bonchev–Trinajstić information content (AvgIpc) is 2.74. The first-order chi connectivity index (χ1) is 8.10. The molecule has 0 fully saturated rings. The molecule has 4 nitrogen and oxygen atoms in total. The number of thiophene rings is 1. The summed E-state index contributed by atoms with van der Waals surface area (Å²) in [5.41, 5.74) is 0.145. The second-order valence-corrected chi connectivity index (χ2v) is 5.85. The summed E-state index contributed by atoms with van der Waals surface area (Å²) in [4.78, 5) is 20.4. The van der Waals surface area contributed by atoms with Gasteiger partial charge in [0.05, 0.1) is 15.8 Å². The third-order valence-electron chi connectivity index (χ3n) is 1.88. The number of ether oxygens (including phenoxy) is 1. The minimum absolute atomic E-state index is 0.145. The quantitative estimate of drug-likeness (QED) is 0.624. The maximum absolute atomic E-state index is 11.4. The number of hydrogen-bond acceptors (Lipinski definition) is 5. The number of hydrogen-bond donors (Lipinski definition) is 0. The van der Waals surface area contributed by atoms with Crippen LogP contribution in [0.2, 0.25) is 5.15 Å². The SMILES string of the molecule is COC(=O)c1cc(Cl)nc(-c2ccc(Br)s2)n1. The zero-order valence-electron chi connectivity index (χ0n) is 8.61. The van der Waals surface area contributed by atoms with Crippen LogP contribution in [0.5, 0.6) is 0 Å². The molecule has 2 aromatic heterocycles. The van der Waals surface area contributed by atoms with E-state index >= 15 is 0 Å². The van der Waals surface area contributed by atoms with Gasteiger partial charge >= 0.3 is 5.97 Å². The normalized spacial score (nSPS) is 10.3. The van der Waals surface area contributed by atoms with Crippen molar-refractivity contribution < 1.29 is 9.53 Å². The van der Waals surface area contributed by atoms with Gasteiger partial charge in [0.15, 0.2) is 11.5 Å². The summed E-state index contributed by atoms with van der Waals surface area (Å²) in [6, 6.07) is 5.10. The Hall–Kier alpha value is -0.980. The lowest BCUT2D eigenvalue weighted by molar-refractivity contribution is 0.0594. The van der Waals surface area contributed by atoms with Crippen LogP contribution in [0.25, 0.3) is 10.7 Å². The zero-order valence-corrected chi connectivity index (χ0v) is 11.8. The first kappa shape index (κ1) is 12.5. The van der Waals surface area contributed by atoms with Gasteiger partial charge in [-0.3, -0.25) is 0 Å². The molecule has 0 radical (unpaired) electrons. The summed E-state index contributed by atoms with van der Waals surface area (Å²) in [7, 11) is 1.29. The van der Waals surface area contributed by atoms with Gasteiger partial charge in [-0.05, 0) is 28.1 Å². The molecule has 0 aromatic carbocycles. The maximum Gasteiger partial charge on any atom is 0.356 e. The Labute approximate surface area is 115 Å². The summed E-state index contributed by atoms with van der Waals surface area (Å²) < 4.78 is 5.55. The number of carbonyl (C=O) groups excluding carboxylic acids is 1. The number of carbonyl (C=O) groups is 1. The fraction of sp³-hybridized carbons (Fsp3) is 0.100. The van der Waals surface area contributed by atoms with Crippen molar-refractivity contribution in [3.63, 3.8) is 0 Å². The van der Waals surface area contributed by atoms with E-state index in [0.717, 1.165) is 8.66 Å². The molecule has 0 unspecified atom stereocenters. The first-order valence-electron chi connectivity index (χ1n) is 4.49. The molecule has 0 amide bonds. The molecular weight excluding hydrogens is 328 g/mol. The largest absolute Gasteiger partial charge is 0.464 e. The first-order valence-corrected chi connectivity index (χ1v) is 6.47. The molecule has 88 valence electrons. The van der Waals surface area contributed by atoms with E-state index in [4.69, 9.17) is 11.6 Å². The smallest absolute Gasteiger partial charge is 0.356 e. The Morgan fingerprint density at radius 2 is 2.24 bits per heavy atom. The second-order valence-electron chi connectivity index (χ2n) is 2.99. The van der Waals surface area contributed by atoms with Crippen LogP contribution in [0.15, 0.2) is 22.0 Å². The predicted octanol–water partition coefficient (Wildman–Crippen LogP) is 3.41. The molecule has 0 atom stereocenters. The summed E-state index contributed by atoms with van der Waals surface area (Å²) in [6.45, 7) is 0. The molecule has 17 heavy (non-hydrogen) atoms. The lowest BCUT2D eigenvalue weighted by Gasteiger charge is -2.01. The summed E-state index contributed by atoms with van der Waals surface area (Å²) in [6.07, 6.45) is 0. The highest BCUT2D eigenvalue weighted by Gasteiger charge is 2.13. The van der Waals surface area contributed by atoms with Gasteiger partial charge in [-0.25, -0.2) is 14.8 Å². The summed E-state index contributed by atoms with van der Waals surface area (Å²) in [5, 5.41) is 0.208. The molecule has 0 aliphatic heterocycles. The molecule has 2 heterocycles. The standard InChI is InChI=1S/C10H6BrClN2O2S/c1-16-10(15)5-4-8(12)14-9(13-5)6-2-3-7(11)17-6/h2-4H,1H3. The van der Waals surface area contributed by atoms with Crippen molar-refractivity contribution in [1.82, 2.24) is 9.97 Å². The highest BCUT2D eigenvalue weighted by molar-refractivity contribution is 9.11. The van der Waals surface area contributed by atoms with Crippen LogP contribution < -0.4 is 0 Å². The number of esters is 1. The van der Waals surface area contributed by atoms with E-state index < -0.39 is 5.97 Å². The Kier molecular flexibility index (Phi) is 3.76. The number of methoxy groups -OCH3 is 1. The molecule has 0 spiro atoms. The molecule has 0 aliphatic carbocycles. The Bertz CT molecular complexity index is 573. The van der Waals surface area contributed by atoms with Crippen molar-refractivity contribution in [2.75, 3.05) is 7.11 Å².